The van der Waals surface area contributed by atoms with Crippen LogP contribution in [-0.4, -0.2) is 28.8 Å². The average Bonchev–Trinajstić information content (AvgIpc) is 2.83. The van der Waals surface area contributed by atoms with Crippen molar-refractivity contribution in [2.24, 2.45) is 0 Å². The summed E-state index contributed by atoms with van der Waals surface area (Å²) in [6.45, 7) is 4.26. The highest BCUT2D eigenvalue weighted by Crippen LogP contribution is 2.19. The van der Waals surface area contributed by atoms with Crippen molar-refractivity contribution in [2.75, 3.05) is 0 Å². The molecule has 34 heavy (non-hydrogen) atoms. The van der Waals surface area contributed by atoms with E-state index < -0.39 is 6.04 Å². The van der Waals surface area contributed by atoms with Crippen molar-refractivity contribution >= 4 is 35.0 Å². The molecule has 3 rings (SSSR count). The Kier molecular flexibility index (Phi) is 9.55. The van der Waals surface area contributed by atoms with Crippen molar-refractivity contribution in [3.8, 4) is 0 Å². The maximum absolute atomic E-state index is 13.7. The van der Waals surface area contributed by atoms with Crippen LogP contribution in [0.3, 0.4) is 0 Å². The molecule has 1 N–H and O–H groups in total. The average molecular weight is 497 g/mol. The number of nitrogens with zero attached hydrogens (tertiary/aromatic N) is 1. The Morgan fingerprint density at radius 1 is 0.853 bits per heavy atom. The third-order valence-electron chi connectivity index (χ3n) is 5.78. The molecule has 6 heteroatoms. The molecule has 0 aliphatic carbocycles. The summed E-state index contributed by atoms with van der Waals surface area (Å²) in [6, 6.07) is 23.7. The first-order valence-electron chi connectivity index (χ1n) is 11.5. The summed E-state index contributed by atoms with van der Waals surface area (Å²) >= 11 is 12.2. The fraction of sp³-hybridized carbons (Fsp3) is 0.286. The van der Waals surface area contributed by atoms with Gasteiger partial charge in [-0.2, -0.15) is 0 Å². The predicted octanol–water partition coefficient (Wildman–Crippen LogP) is 6.09. The van der Waals surface area contributed by atoms with Gasteiger partial charge in [0, 0.05) is 29.1 Å². The summed E-state index contributed by atoms with van der Waals surface area (Å²) in [7, 11) is 0. The molecule has 0 saturated carbocycles. The van der Waals surface area contributed by atoms with E-state index in [9.17, 15) is 9.59 Å². The number of hydrogen-bond acceptors (Lipinski definition) is 2. The third-order valence-corrected chi connectivity index (χ3v) is 6.27. The van der Waals surface area contributed by atoms with Gasteiger partial charge in [-0.15, -0.1) is 0 Å². The molecule has 3 aromatic carbocycles. The second-order valence-corrected chi connectivity index (χ2v) is 9.35. The standard InChI is InChI=1S/C28H30Cl2N2O2/c1-3-20(2)31-28(34)26(17-21-8-5-4-6-9-21)32(19-23-10-7-11-25(30)16-23)27(33)18-22-12-14-24(29)15-13-22/h4-16,20,26H,3,17-19H2,1-2H3,(H,31,34)/t20-,26+/m0/s1. The van der Waals surface area contributed by atoms with E-state index in [1.165, 1.54) is 0 Å². The van der Waals surface area contributed by atoms with Gasteiger partial charge in [0.1, 0.15) is 6.04 Å². The van der Waals surface area contributed by atoms with Crippen molar-refractivity contribution < 1.29 is 9.59 Å². The molecule has 0 unspecified atom stereocenters. The van der Waals surface area contributed by atoms with Gasteiger partial charge in [-0.05, 0) is 54.3 Å². The number of carbonyl (C=O) groups excluding carboxylic acids is 2. The second-order valence-electron chi connectivity index (χ2n) is 8.48. The lowest BCUT2D eigenvalue weighted by molar-refractivity contribution is -0.141. The summed E-state index contributed by atoms with van der Waals surface area (Å²) in [5.74, 6) is -0.299. The minimum Gasteiger partial charge on any atom is -0.352 e. The first kappa shape index (κ1) is 25.8. The highest BCUT2D eigenvalue weighted by Gasteiger charge is 2.31. The normalized spacial score (nSPS) is 12.6. The molecule has 0 bridgehead atoms. The lowest BCUT2D eigenvalue weighted by Crippen LogP contribution is -2.52. The fourth-order valence-electron chi connectivity index (χ4n) is 3.71. The number of nitrogens with one attached hydrogen (secondary N) is 1. The molecule has 2 atom stereocenters. The Labute approximate surface area is 211 Å². The van der Waals surface area contributed by atoms with Gasteiger partial charge in [-0.25, -0.2) is 0 Å². The fourth-order valence-corrected chi connectivity index (χ4v) is 4.04. The zero-order chi connectivity index (χ0) is 24.5. The van der Waals surface area contributed by atoms with Gasteiger partial charge in [-0.3, -0.25) is 9.59 Å². The third kappa shape index (κ3) is 7.61. The molecule has 0 aliphatic rings. The molecule has 0 spiro atoms. The van der Waals surface area contributed by atoms with Crippen molar-refractivity contribution in [1.29, 1.82) is 0 Å². The van der Waals surface area contributed by atoms with Crippen LogP contribution in [0.1, 0.15) is 37.0 Å². The lowest BCUT2D eigenvalue weighted by Gasteiger charge is -2.32. The molecule has 0 heterocycles. The molecule has 3 aromatic rings. The largest absolute Gasteiger partial charge is 0.352 e. The van der Waals surface area contributed by atoms with Gasteiger partial charge in [0.15, 0.2) is 0 Å². The van der Waals surface area contributed by atoms with Crippen LogP contribution >= 0.6 is 23.2 Å². The van der Waals surface area contributed by atoms with Crippen molar-refractivity contribution in [3.05, 3.63) is 106 Å². The molecule has 0 fully saturated rings. The molecule has 2 amide bonds. The Morgan fingerprint density at radius 3 is 2.18 bits per heavy atom. The molecule has 0 aliphatic heterocycles. The zero-order valence-electron chi connectivity index (χ0n) is 19.5. The van der Waals surface area contributed by atoms with E-state index in [2.05, 4.69) is 5.32 Å². The van der Waals surface area contributed by atoms with Crippen LogP contribution < -0.4 is 5.32 Å². The first-order valence-corrected chi connectivity index (χ1v) is 12.2. The van der Waals surface area contributed by atoms with Crippen molar-refractivity contribution in [1.82, 2.24) is 10.2 Å². The molecule has 0 saturated heterocycles. The molecule has 178 valence electrons. The summed E-state index contributed by atoms with van der Waals surface area (Å²) in [4.78, 5) is 28.8. The first-order chi connectivity index (χ1) is 16.4. The number of rotatable bonds is 10. The highest BCUT2D eigenvalue weighted by molar-refractivity contribution is 6.30. The topological polar surface area (TPSA) is 49.4 Å². The number of carbonyl (C=O) groups is 2. The van der Waals surface area contributed by atoms with E-state index in [4.69, 9.17) is 23.2 Å². The van der Waals surface area contributed by atoms with E-state index in [0.717, 1.165) is 23.1 Å². The summed E-state index contributed by atoms with van der Waals surface area (Å²) in [5, 5.41) is 4.28. The van der Waals surface area contributed by atoms with Crippen molar-refractivity contribution in [3.63, 3.8) is 0 Å². The van der Waals surface area contributed by atoms with E-state index in [0.29, 0.717) is 16.5 Å². The van der Waals surface area contributed by atoms with Crippen LogP contribution in [0, 0.1) is 0 Å². The Morgan fingerprint density at radius 2 is 1.53 bits per heavy atom. The maximum atomic E-state index is 13.7. The van der Waals surface area contributed by atoms with E-state index in [1.807, 2.05) is 74.5 Å². The van der Waals surface area contributed by atoms with E-state index >= 15 is 0 Å². The van der Waals surface area contributed by atoms with Crippen molar-refractivity contribution in [2.45, 2.75) is 51.7 Å². The Hall–Kier alpha value is -2.82. The van der Waals surface area contributed by atoms with Gasteiger partial charge >= 0.3 is 0 Å². The maximum Gasteiger partial charge on any atom is 0.243 e. The minimum absolute atomic E-state index is 0.00478. The molecule has 4 nitrogen and oxygen atoms in total. The molecule has 0 radical (unpaired) electrons. The number of amides is 2. The van der Waals surface area contributed by atoms with Gasteiger partial charge in [0.25, 0.3) is 0 Å². The van der Waals surface area contributed by atoms with Crippen LogP contribution in [0.4, 0.5) is 0 Å². The number of benzene rings is 3. The summed E-state index contributed by atoms with van der Waals surface area (Å²) < 4.78 is 0. The monoisotopic (exact) mass is 496 g/mol. The molecular formula is C28H30Cl2N2O2. The van der Waals surface area contributed by atoms with E-state index in [-0.39, 0.29) is 30.8 Å². The zero-order valence-corrected chi connectivity index (χ0v) is 21.0. The van der Waals surface area contributed by atoms with Crippen LogP contribution in [0.15, 0.2) is 78.9 Å². The van der Waals surface area contributed by atoms with Crippen LogP contribution in [-0.2, 0) is 29.0 Å². The van der Waals surface area contributed by atoms with Gasteiger partial charge < -0.3 is 10.2 Å². The number of hydrogen-bond donors (Lipinski definition) is 1. The van der Waals surface area contributed by atoms with Crippen LogP contribution in [0.5, 0.6) is 0 Å². The van der Waals surface area contributed by atoms with E-state index in [1.54, 1.807) is 23.1 Å². The SMILES string of the molecule is CC[C@H](C)NC(=O)[C@@H](Cc1ccccc1)N(Cc1cccc(Cl)c1)C(=O)Cc1ccc(Cl)cc1. The lowest BCUT2D eigenvalue weighted by atomic mass is 10.0. The summed E-state index contributed by atoms with van der Waals surface area (Å²) in [6.07, 6.45) is 1.38. The summed E-state index contributed by atoms with van der Waals surface area (Å²) in [5.41, 5.74) is 2.69. The van der Waals surface area contributed by atoms with Crippen LogP contribution in [0.2, 0.25) is 10.0 Å². The smallest absolute Gasteiger partial charge is 0.243 e. The highest BCUT2D eigenvalue weighted by atomic mass is 35.5. The van der Waals surface area contributed by atoms with Gasteiger partial charge in [0.2, 0.25) is 11.8 Å². The minimum atomic E-state index is -0.671. The van der Waals surface area contributed by atoms with Gasteiger partial charge in [0.05, 0.1) is 6.42 Å². The quantitative estimate of drug-likeness (QED) is 0.369. The molecular weight excluding hydrogens is 467 g/mol. The Balaban J connectivity index is 1.96. The second kappa shape index (κ2) is 12.6. The molecule has 0 aromatic heterocycles. The predicted molar refractivity (Wildman–Crippen MR) is 139 cm³/mol. The van der Waals surface area contributed by atoms with Gasteiger partial charge in [-0.1, -0.05) is 84.7 Å². The van der Waals surface area contributed by atoms with Crippen LogP contribution in [0.25, 0.3) is 0 Å². The Bertz CT molecular complexity index is 1090. The number of halogens is 2.